The summed E-state index contributed by atoms with van der Waals surface area (Å²) in [7, 11) is 0. The predicted molar refractivity (Wildman–Crippen MR) is 68.0 cm³/mol. The topological polar surface area (TPSA) is 24.1 Å². The second-order valence-corrected chi connectivity index (χ2v) is 3.94. The van der Waals surface area contributed by atoms with Crippen LogP contribution in [0.3, 0.4) is 0 Å². The zero-order valence-electron chi connectivity index (χ0n) is 9.70. The summed E-state index contributed by atoms with van der Waals surface area (Å²) in [6, 6.07) is 14.8. The molecule has 2 aromatic rings. The van der Waals surface area contributed by atoms with E-state index in [1.54, 1.807) is 6.07 Å². The van der Waals surface area contributed by atoms with Crippen LogP contribution in [0.25, 0.3) is 0 Å². The van der Waals surface area contributed by atoms with Gasteiger partial charge in [0.25, 0.3) is 0 Å². The Morgan fingerprint density at radius 2 is 1.82 bits per heavy atom. The van der Waals surface area contributed by atoms with Crippen LogP contribution in [-0.2, 0) is 6.54 Å². The van der Waals surface area contributed by atoms with Crippen molar-refractivity contribution in [1.29, 1.82) is 0 Å². The Morgan fingerprint density at radius 1 is 1.06 bits per heavy atom. The molecule has 0 fully saturated rings. The van der Waals surface area contributed by atoms with Gasteiger partial charge in [0.05, 0.1) is 0 Å². The summed E-state index contributed by atoms with van der Waals surface area (Å²) in [4.78, 5) is 0. The Labute approximate surface area is 100 Å². The predicted octanol–water partition coefficient (Wildman–Crippen LogP) is 3.25. The van der Waals surface area contributed by atoms with Crippen LogP contribution in [0.4, 0.5) is 10.1 Å². The lowest BCUT2D eigenvalue weighted by Crippen LogP contribution is -2.21. The fourth-order valence-corrected chi connectivity index (χ4v) is 1.60. The van der Waals surface area contributed by atoms with Crippen molar-refractivity contribution in [1.82, 2.24) is 5.43 Å². The molecule has 0 unspecified atom stereocenters. The molecule has 0 heterocycles. The van der Waals surface area contributed by atoms with Gasteiger partial charge >= 0.3 is 0 Å². The van der Waals surface area contributed by atoms with Crippen molar-refractivity contribution < 1.29 is 4.39 Å². The molecular formula is C14H15FN2. The summed E-state index contributed by atoms with van der Waals surface area (Å²) in [5.41, 5.74) is 8.70. The van der Waals surface area contributed by atoms with Crippen LogP contribution in [0.15, 0.2) is 48.5 Å². The maximum Gasteiger partial charge on any atom is 0.127 e. The molecule has 0 amide bonds. The molecule has 2 N–H and O–H groups in total. The van der Waals surface area contributed by atoms with Gasteiger partial charge in [0.1, 0.15) is 5.82 Å². The zero-order chi connectivity index (χ0) is 12.1. The second kappa shape index (κ2) is 5.46. The van der Waals surface area contributed by atoms with Crippen LogP contribution < -0.4 is 10.9 Å². The van der Waals surface area contributed by atoms with E-state index in [9.17, 15) is 4.39 Å². The smallest absolute Gasteiger partial charge is 0.127 e. The van der Waals surface area contributed by atoms with E-state index in [-0.39, 0.29) is 5.82 Å². The van der Waals surface area contributed by atoms with Crippen molar-refractivity contribution >= 4 is 5.69 Å². The van der Waals surface area contributed by atoms with Gasteiger partial charge in [-0.15, -0.1) is 0 Å². The monoisotopic (exact) mass is 230 g/mol. The van der Waals surface area contributed by atoms with Crippen molar-refractivity contribution in [2.75, 3.05) is 5.43 Å². The van der Waals surface area contributed by atoms with Crippen molar-refractivity contribution in [3.05, 3.63) is 65.5 Å². The van der Waals surface area contributed by atoms with E-state index in [1.807, 2.05) is 43.3 Å². The number of hydrazine groups is 1. The Balaban J connectivity index is 1.92. The SMILES string of the molecule is Cc1ccc(F)c(CNNc2ccccc2)c1. The summed E-state index contributed by atoms with van der Waals surface area (Å²) < 4.78 is 13.4. The minimum absolute atomic E-state index is 0.182. The Bertz CT molecular complexity index is 483. The number of hydrogen-bond donors (Lipinski definition) is 2. The fraction of sp³-hybridized carbons (Fsp3) is 0.143. The molecule has 2 nitrogen and oxygen atoms in total. The normalized spacial score (nSPS) is 10.2. The summed E-state index contributed by atoms with van der Waals surface area (Å²) >= 11 is 0. The molecule has 0 bridgehead atoms. The van der Waals surface area contributed by atoms with Gasteiger partial charge in [-0.2, -0.15) is 0 Å². The maximum absolute atomic E-state index is 13.4. The molecule has 17 heavy (non-hydrogen) atoms. The van der Waals surface area contributed by atoms with E-state index >= 15 is 0 Å². The van der Waals surface area contributed by atoms with E-state index in [0.29, 0.717) is 12.1 Å². The summed E-state index contributed by atoms with van der Waals surface area (Å²) in [5, 5.41) is 0. The molecule has 0 saturated heterocycles. The van der Waals surface area contributed by atoms with Crippen LogP contribution in [-0.4, -0.2) is 0 Å². The fourth-order valence-electron chi connectivity index (χ4n) is 1.60. The van der Waals surface area contributed by atoms with Crippen LogP contribution in [0.2, 0.25) is 0 Å². The first-order chi connectivity index (χ1) is 8.25. The lowest BCUT2D eigenvalue weighted by atomic mass is 10.1. The highest BCUT2D eigenvalue weighted by Crippen LogP contribution is 2.10. The lowest BCUT2D eigenvalue weighted by molar-refractivity contribution is 0.599. The summed E-state index contributed by atoms with van der Waals surface area (Å²) in [6.07, 6.45) is 0. The molecule has 0 radical (unpaired) electrons. The van der Waals surface area contributed by atoms with Gasteiger partial charge in [0.2, 0.25) is 0 Å². The number of rotatable bonds is 4. The van der Waals surface area contributed by atoms with Gasteiger partial charge in [-0.25, -0.2) is 9.82 Å². The van der Waals surface area contributed by atoms with Gasteiger partial charge < -0.3 is 5.43 Å². The first kappa shape index (κ1) is 11.6. The largest absolute Gasteiger partial charge is 0.321 e. The van der Waals surface area contributed by atoms with E-state index in [0.717, 1.165) is 11.3 Å². The quantitative estimate of drug-likeness (QED) is 0.788. The molecular weight excluding hydrogens is 215 g/mol. The van der Waals surface area contributed by atoms with E-state index in [2.05, 4.69) is 10.9 Å². The van der Waals surface area contributed by atoms with Gasteiger partial charge in [-0.1, -0.05) is 35.9 Å². The number of nitrogens with one attached hydrogen (secondary N) is 2. The zero-order valence-corrected chi connectivity index (χ0v) is 9.70. The molecule has 2 aromatic carbocycles. The molecule has 0 aromatic heterocycles. The van der Waals surface area contributed by atoms with Gasteiger partial charge in [-0.05, 0) is 25.1 Å². The molecule has 0 atom stereocenters. The summed E-state index contributed by atoms with van der Waals surface area (Å²) in [5.74, 6) is -0.182. The number of halogens is 1. The molecule has 0 spiro atoms. The highest BCUT2D eigenvalue weighted by molar-refractivity contribution is 5.41. The third kappa shape index (κ3) is 3.29. The van der Waals surface area contributed by atoms with Crippen molar-refractivity contribution in [3.63, 3.8) is 0 Å². The standard InChI is InChI=1S/C14H15FN2/c1-11-7-8-14(15)12(9-11)10-16-17-13-5-3-2-4-6-13/h2-9,16-17H,10H2,1H3. The van der Waals surface area contributed by atoms with Crippen LogP contribution in [0.1, 0.15) is 11.1 Å². The molecule has 2 rings (SSSR count). The molecule has 0 saturated carbocycles. The highest BCUT2D eigenvalue weighted by atomic mass is 19.1. The number of benzene rings is 2. The Hall–Kier alpha value is -1.87. The highest BCUT2D eigenvalue weighted by Gasteiger charge is 2.01. The maximum atomic E-state index is 13.4. The van der Waals surface area contributed by atoms with Gasteiger partial charge in [-0.3, -0.25) is 0 Å². The third-order valence-electron chi connectivity index (χ3n) is 2.49. The van der Waals surface area contributed by atoms with Crippen LogP contribution in [0.5, 0.6) is 0 Å². The van der Waals surface area contributed by atoms with Crippen LogP contribution in [0, 0.1) is 12.7 Å². The lowest BCUT2D eigenvalue weighted by Gasteiger charge is -2.09. The van der Waals surface area contributed by atoms with Gasteiger partial charge in [0, 0.05) is 17.8 Å². The number of hydrogen-bond acceptors (Lipinski definition) is 2. The Kier molecular flexibility index (Phi) is 3.73. The van der Waals surface area contributed by atoms with Crippen molar-refractivity contribution in [3.8, 4) is 0 Å². The summed E-state index contributed by atoms with van der Waals surface area (Å²) in [6.45, 7) is 2.40. The number of aryl methyl sites for hydroxylation is 1. The second-order valence-electron chi connectivity index (χ2n) is 3.94. The van der Waals surface area contributed by atoms with Gasteiger partial charge in [0.15, 0.2) is 0 Å². The van der Waals surface area contributed by atoms with E-state index in [1.165, 1.54) is 6.07 Å². The first-order valence-electron chi connectivity index (χ1n) is 5.54. The average molecular weight is 230 g/mol. The van der Waals surface area contributed by atoms with E-state index < -0.39 is 0 Å². The number of anilines is 1. The average Bonchev–Trinajstić information content (AvgIpc) is 2.35. The Morgan fingerprint density at radius 3 is 2.59 bits per heavy atom. The minimum atomic E-state index is -0.182. The van der Waals surface area contributed by atoms with E-state index in [4.69, 9.17) is 0 Å². The first-order valence-corrected chi connectivity index (χ1v) is 5.54. The molecule has 0 aliphatic rings. The molecule has 0 aliphatic heterocycles. The minimum Gasteiger partial charge on any atom is -0.321 e. The number of para-hydroxylation sites is 1. The molecule has 0 aliphatic carbocycles. The van der Waals surface area contributed by atoms with Crippen molar-refractivity contribution in [2.24, 2.45) is 0 Å². The third-order valence-corrected chi connectivity index (χ3v) is 2.49. The van der Waals surface area contributed by atoms with Crippen molar-refractivity contribution in [2.45, 2.75) is 13.5 Å². The molecule has 3 heteroatoms. The molecule has 88 valence electrons. The van der Waals surface area contributed by atoms with Crippen LogP contribution >= 0.6 is 0 Å².